The van der Waals surface area contributed by atoms with Crippen molar-refractivity contribution in [2.75, 3.05) is 6.54 Å². The predicted molar refractivity (Wildman–Crippen MR) is 59.0 cm³/mol. The number of carbonyl (C=O) groups is 1. The molecule has 0 amide bonds. The van der Waals surface area contributed by atoms with Gasteiger partial charge in [-0.25, -0.2) is 0 Å². The van der Waals surface area contributed by atoms with Crippen molar-refractivity contribution in [3.63, 3.8) is 0 Å². The van der Waals surface area contributed by atoms with E-state index in [1.165, 1.54) is 12.8 Å². The van der Waals surface area contributed by atoms with Crippen molar-refractivity contribution in [3.05, 3.63) is 0 Å². The summed E-state index contributed by atoms with van der Waals surface area (Å²) in [6, 6.07) is 0. The number of carbonyl (C=O) groups excluding carboxylic acids is 1. The molecule has 2 heteroatoms. The Morgan fingerprint density at radius 2 is 1.93 bits per heavy atom. The van der Waals surface area contributed by atoms with Gasteiger partial charge in [0.1, 0.15) is 5.78 Å². The average Bonchev–Trinajstić information content (AvgIpc) is 2.26. The summed E-state index contributed by atoms with van der Waals surface area (Å²) >= 11 is 0. The molecule has 1 aliphatic rings. The minimum absolute atomic E-state index is 0.365. The maximum atomic E-state index is 11.7. The SMILES string of the molecule is CCCCC(=O)C1CCC(CN)CC1. The molecule has 14 heavy (non-hydrogen) atoms. The van der Waals surface area contributed by atoms with Crippen LogP contribution in [0, 0.1) is 11.8 Å². The Morgan fingerprint density at radius 3 is 2.43 bits per heavy atom. The molecule has 2 nitrogen and oxygen atoms in total. The number of rotatable bonds is 5. The Labute approximate surface area is 87.2 Å². The van der Waals surface area contributed by atoms with Crippen LogP contribution in [0.5, 0.6) is 0 Å². The van der Waals surface area contributed by atoms with Crippen molar-refractivity contribution in [2.45, 2.75) is 51.9 Å². The van der Waals surface area contributed by atoms with E-state index in [1.54, 1.807) is 0 Å². The highest BCUT2D eigenvalue weighted by Gasteiger charge is 2.24. The molecule has 1 rings (SSSR count). The monoisotopic (exact) mass is 197 g/mol. The van der Waals surface area contributed by atoms with Gasteiger partial charge in [0.2, 0.25) is 0 Å². The van der Waals surface area contributed by atoms with Crippen LogP contribution in [0.4, 0.5) is 0 Å². The maximum absolute atomic E-state index is 11.7. The zero-order valence-corrected chi connectivity index (χ0v) is 9.30. The Bertz CT molecular complexity index is 171. The summed E-state index contributed by atoms with van der Waals surface area (Å²) in [7, 11) is 0. The van der Waals surface area contributed by atoms with E-state index in [9.17, 15) is 4.79 Å². The van der Waals surface area contributed by atoms with Crippen molar-refractivity contribution in [2.24, 2.45) is 17.6 Å². The minimum atomic E-state index is 0.365. The summed E-state index contributed by atoms with van der Waals surface area (Å²) in [5.74, 6) is 1.55. The van der Waals surface area contributed by atoms with Gasteiger partial charge in [0, 0.05) is 12.3 Å². The number of nitrogens with two attached hydrogens (primary N) is 1. The number of Topliss-reactive ketones (excluding diaryl/α,β-unsaturated/α-hetero) is 1. The van der Waals surface area contributed by atoms with Gasteiger partial charge in [-0.3, -0.25) is 4.79 Å². The van der Waals surface area contributed by atoms with Crippen LogP contribution in [0.3, 0.4) is 0 Å². The number of hydrogen-bond acceptors (Lipinski definition) is 2. The van der Waals surface area contributed by atoms with E-state index in [0.717, 1.165) is 38.6 Å². The molecule has 0 spiro atoms. The topological polar surface area (TPSA) is 43.1 Å². The van der Waals surface area contributed by atoms with Crippen LogP contribution in [0.25, 0.3) is 0 Å². The third-order valence-electron chi connectivity index (χ3n) is 3.41. The van der Waals surface area contributed by atoms with E-state index in [4.69, 9.17) is 5.73 Å². The van der Waals surface area contributed by atoms with Gasteiger partial charge in [-0.2, -0.15) is 0 Å². The molecule has 0 aromatic carbocycles. The molecule has 0 atom stereocenters. The second kappa shape index (κ2) is 6.18. The zero-order chi connectivity index (χ0) is 10.4. The quantitative estimate of drug-likeness (QED) is 0.736. The predicted octanol–water partition coefficient (Wildman–Crippen LogP) is 2.51. The summed E-state index contributed by atoms with van der Waals surface area (Å²) in [6.45, 7) is 2.94. The van der Waals surface area contributed by atoms with Gasteiger partial charge in [-0.15, -0.1) is 0 Å². The fourth-order valence-corrected chi connectivity index (χ4v) is 2.28. The smallest absolute Gasteiger partial charge is 0.135 e. The molecule has 1 saturated carbocycles. The van der Waals surface area contributed by atoms with Gasteiger partial charge in [-0.05, 0) is 44.6 Å². The Hall–Kier alpha value is -0.370. The van der Waals surface area contributed by atoms with E-state index < -0.39 is 0 Å². The van der Waals surface area contributed by atoms with Crippen molar-refractivity contribution in [3.8, 4) is 0 Å². The summed E-state index contributed by atoms with van der Waals surface area (Å²) in [6.07, 6.45) is 7.50. The largest absolute Gasteiger partial charge is 0.330 e. The van der Waals surface area contributed by atoms with Crippen molar-refractivity contribution < 1.29 is 4.79 Å². The van der Waals surface area contributed by atoms with E-state index >= 15 is 0 Å². The molecule has 0 unspecified atom stereocenters. The van der Waals surface area contributed by atoms with Crippen LogP contribution >= 0.6 is 0 Å². The summed E-state index contributed by atoms with van der Waals surface area (Å²) in [5.41, 5.74) is 5.62. The van der Waals surface area contributed by atoms with Crippen molar-refractivity contribution in [1.29, 1.82) is 0 Å². The molecule has 0 saturated heterocycles. The minimum Gasteiger partial charge on any atom is -0.330 e. The average molecular weight is 197 g/mol. The van der Waals surface area contributed by atoms with Crippen LogP contribution < -0.4 is 5.73 Å². The van der Waals surface area contributed by atoms with Gasteiger partial charge >= 0.3 is 0 Å². The second-order valence-corrected chi connectivity index (χ2v) is 4.52. The van der Waals surface area contributed by atoms with E-state index in [1.807, 2.05) is 0 Å². The zero-order valence-electron chi connectivity index (χ0n) is 9.30. The highest BCUT2D eigenvalue weighted by atomic mass is 16.1. The van der Waals surface area contributed by atoms with Crippen LogP contribution in [0.1, 0.15) is 51.9 Å². The fraction of sp³-hybridized carbons (Fsp3) is 0.917. The molecule has 0 aromatic rings. The highest BCUT2D eigenvalue weighted by Crippen LogP contribution is 2.29. The summed E-state index contributed by atoms with van der Waals surface area (Å²) < 4.78 is 0. The van der Waals surface area contributed by atoms with Crippen molar-refractivity contribution >= 4 is 5.78 Å². The lowest BCUT2D eigenvalue weighted by atomic mass is 9.79. The van der Waals surface area contributed by atoms with Gasteiger partial charge in [0.25, 0.3) is 0 Å². The molecule has 1 aliphatic carbocycles. The Kier molecular flexibility index (Phi) is 5.16. The number of ketones is 1. The van der Waals surface area contributed by atoms with E-state index in [2.05, 4.69) is 6.92 Å². The Morgan fingerprint density at radius 1 is 1.29 bits per heavy atom. The van der Waals surface area contributed by atoms with Crippen LogP contribution in [0.15, 0.2) is 0 Å². The fourth-order valence-electron chi connectivity index (χ4n) is 2.28. The molecule has 0 aliphatic heterocycles. The molecule has 82 valence electrons. The van der Waals surface area contributed by atoms with Gasteiger partial charge in [0.05, 0.1) is 0 Å². The van der Waals surface area contributed by atoms with Gasteiger partial charge in [-0.1, -0.05) is 13.3 Å². The van der Waals surface area contributed by atoms with E-state index in [0.29, 0.717) is 17.6 Å². The van der Waals surface area contributed by atoms with Crippen LogP contribution in [-0.4, -0.2) is 12.3 Å². The first-order valence-corrected chi connectivity index (χ1v) is 6.00. The highest BCUT2D eigenvalue weighted by molar-refractivity contribution is 5.80. The first-order chi connectivity index (χ1) is 6.77. The standard InChI is InChI=1S/C12H23NO/c1-2-3-4-12(14)11-7-5-10(9-13)6-8-11/h10-11H,2-9,13H2,1H3. The van der Waals surface area contributed by atoms with Crippen LogP contribution in [0.2, 0.25) is 0 Å². The maximum Gasteiger partial charge on any atom is 0.135 e. The Balaban J connectivity index is 2.23. The lowest BCUT2D eigenvalue weighted by molar-refractivity contribution is -0.124. The second-order valence-electron chi connectivity index (χ2n) is 4.52. The molecule has 0 heterocycles. The number of unbranched alkanes of at least 4 members (excludes halogenated alkanes) is 1. The molecule has 0 radical (unpaired) electrons. The summed E-state index contributed by atoms with van der Waals surface area (Å²) in [5, 5.41) is 0. The molecular weight excluding hydrogens is 174 g/mol. The third-order valence-corrected chi connectivity index (χ3v) is 3.41. The van der Waals surface area contributed by atoms with E-state index in [-0.39, 0.29) is 0 Å². The molecule has 0 aromatic heterocycles. The first-order valence-electron chi connectivity index (χ1n) is 6.00. The lowest BCUT2D eigenvalue weighted by Crippen LogP contribution is -2.25. The molecular formula is C12H23NO. The lowest BCUT2D eigenvalue weighted by Gasteiger charge is -2.26. The number of hydrogen-bond donors (Lipinski definition) is 1. The van der Waals surface area contributed by atoms with Crippen LogP contribution in [-0.2, 0) is 4.79 Å². The van der Waals surface area contributed by atoms with Gasteiger partial charge < -0.3 is 5.73 Å². The summed E-state index contributed by atoms with van der Waals surface area (Å²) in [4.78, 5) is 11.7. The van der Waals surface area contributed by atoms with Crippen molar-refractivity contribution in [1.82, 2.24) is 0 Å². The van der Waals surface area contributed by atoms with Gasteiger partial charge in [0.15, 0.2) is 0 Å². The molecule has 2 N–H and O–H groups in total. The first kappa shape index (κ1) is 11.7. The normalized spacial score (nSPS) is 27.6. The molecule has 1 fully saturated rings. The third kappa shape index (κ3) is 3.41. The molecule has 0 bridgehead atoms.